The monoisotopic (exact) mass is 268 g/mol. The van der Waals surface area contributed by atoms with E-state index in [0.29, 0.717) is 5.56 Å². The van der Waals surface area contributed by atoms with E-state index in [1.165, 1.54) is 20.1 Å². The molecule has 8 heteroatoms. The smallest absolute Gasteiger partial charge is 0.322 e. The fourth-order valence-electron chi connectivity index (χ4n) is 1.46. The van der Waals surface area contributed by atoms with E-state index in [9.17, 15) is 19.7 Å². The van der Waals surface area contributed by atoms with Gasteiger partial charge in [0.1, 0.15) is 12.3 Å². The van der Waals surface area contributed by atoms with Gasteiger partial charge in [-0.2, -0.15) is 0 Å². The van der Waals surface area contributed by atoms with Gasteiger partial charge in [0.25, 0.3) is 11.6 Å². The van der Waals surface area contributed by atoms with Crippen LogP contribution in [0.3, 0.4) is 0 Å². The van der Waals surface area contributed by atoms with Crippen LogP contribution in [0.15, 0.2) is 12.1 Å². The Balaban J connectivity index is 3.14. The van der Waals surface area contributed by atoms with Crippen LogP contribution >= 0.6 is 0 Å². The summed E-state index contributed by atoms with van der Waals surface area (Å²) in [5.74, 6) is -1.74. The predicted molar refractivity (Wildman–Crippen MR) is 64.4 cm³/mol. The molecule has 0 aliphatic rings. The van der Waals surface area contributed by atoms with Gasteiger partial charge >= 0.3 is 5.97 Å². The number of hydrogen-bond acceptors (Lipinski definition) is 5. The number of aliphatic carboxylic acids is 1. The summed E-state index contributed by atoms with van der Waals surface area (Å²) < 4.78 is 4.95. The van der Waals surface area contributed by atoms with Crippen molar-refractivity contribution in [2.45, 2.75) is 6.92 Å². The van der Waals surface area contributed by atoms with Crippen LogP contribution in [0.25, 0.3) is 0 Å². The van der Waals surface area contributed by atoms with Crippen molar-refractivity contribution in [2.75, 3.05) is 13.7 Å². The van der Waals surface area contributed by atoms with Gasteiger partial charge in [-0.1, -0.05) is 0 Å². The van der Waals surface area contributed by atoms with Crippen LogP contribution in [0.4, 0.5) is 5.69 Å². The minimum absolute atomic E-state index is 0.0320. The zero-order chi connectivity index (χ0) is 14.6. The average molecular weight is 268 g/mol. The molecule has 1 aromatic carbocycles. The van der Waals surface area contributed by atoms with Gasteiger partial charge in [-0.3, -0.25) is 19.7 Å². The third-order valence-corrected chi connectivity index (χ3v) is 2.41. The zero-order valence-corrected chi connectivity index (χ0v) is 10.3. The molecule has 1 aromatic rings. The van der Waals surface area contributed by atoms with Crippen LogP contribution in [-0.2, 0) is 4.79 Å². The molecular formula is C11H12N2O6. The average Bonchev–Trinajstić information content (AvgIpc) is 2.35. The quantitative estimate of drug-likeness (QED) is 0.600. The number of carboxylic acid groups (broad SMARTS) is 1. The van der Waals surface area contributed by atoms with E-state index in [-0.39, 0.29) is 17.0 Å². The normalized spacial score (nSPS) is 9.79. The first-order chi connectivity index (χ1) is 8.86. The third kappa shape index (κ3) is 3.41. The molecule has 8 nitrogen and oxygen atoms in total. The molecule has 0 aliphatic carbocycles. The summed E-state index contributed by atoms with van der Waals surface area (Å²) in [6.07, 6.45) is 0. The van der Waals surface area contributed by atoms with Gasteiger partial charge in [0.15, 0.2) is 0 Å². The van der Waals surface area contributed by atoms with Gasteiger partial charge in [-0.25, -0.2) is 0 Å². The molecule has 0 atom stereocenters. The maximum absolute atomic E-state index is 11.7. The number of methoxy groups -OCH3 is 1. The van der Waals surface area contributed by atoms with E-state index in [4.69, 9.17) is 9.84 Å². The lowest BCUT2D eigenvalue weighted by Gasteiger charge is -2.08. The highest BCUT2D eigenvalue weighted by Crippen LogP contribution is 2.29. The zero-order valence-electron chi connectivity index (χ0n) is 10.3. The molecular weight excluding hydrogens is 256 g/mol. The van der Waals surface area contributed by atoms with Gasteiger partial charge in [0.2, 0.25) is 0 Å². The first kappa shape index (κ1) is 14.4. The standard InChI is InChI=1S/C11H12N2O6/c1-6-8(13(17)18)3-7(4-9(6)19-2)11(16)12-5-10(14)15/h3-4H,5H2,1-2H3,(H,12,16)(H,14,15). The molecule has 0 aromatic heterocycles. The Bertz CT molecular complexity index is 540. The van der Waals surface area contributed by atoms with Crippen molar-refractivity contribution in [2.24, 2.45) is 0 Å². The molecule has 1 amide bonds. The topological polar surface area (TPSA) is 119 Å². The van der Waals surface area contributed by atoms with Gasteiger partial charge in [0.05, 0.1) is 17.6 Å². The lowest BCUT2D eigenvalue weighted by molar-refractivity contribution is -0.385. The number of nitrogens with zero attached hydrogens (tertiary/aromatic N) is 1. The van der Waals surface area contributed by atoms with Gasteiger partial charge in [0, 0.05) is 11.6 Å². The first-order valence-corrected chi connectivity index (χ1v) is 5.19. The molecule has 0 saturated heterocycles. The number of carbonyl (C=O) groups is 2. The number of amides is 1. The van der Waals surface area contributed by atoms with Crippen molar-refractivity contribution in [3.8, 4) is 5.75 Å². The van der Waals surface area contributed by atoms with Crippen LogP contribution in [0.1, 0.15) is 15.9 Å². The number of carbonyl (C=O) groups excluding carboxylic acids is 1. The molecule has 0 unspecified atom stereocenters. The van der Waals surface area contributed by atoms with E-state index in [1.54, 1.807) is 0 Å². The molecule has 0 fully saturated rings. The second kappa shape index (κ2) is 5.80. The maximum atomic E-state index is 11.7. The Morgan fingerprint density at radius 1 is 1.47 bits per heavy atom. The SMILES string of the molecule is COc1cc(C(=O)NCC(=O)O)cc([N+](=O)[O-])c1C. The van der Waals surface area contributed by atoms with Crippen LogP contribution in [0.2, 0.25) is 0 Å². The fourth-order valence-corrected chi connectivity index (χ4v) is 1.46. The highest BCUT2D eigenvalue weighted by molar-refractivity contribution is 5.97. The Morgan fingerprint density at radius 2 is 2.11 bits per heavy atom. The number of nitro groups is 1. The lowest BCUT2D eigenvalue weighted by atomic mass is 10.1. The Hall–Kier alpha value is -2.64. The molecule has 0 saturated carbocycles. The summed E-state index contributed by atoms with van der Waals surface area (Å²) in [7, 11) is 1.32. The van der Waals surface area contributed by atoms with Crippen LogP contribution in [0.5, 0.6) is 5.75 Å². The highest BCUT2D eigenvalue weighted by Gasteiger charge is 2.20. The van der Waals surface area contributed by atoms with Gasteiger partial charge < -0.3 is 15.2 Å². The minimum atomic E-state index is -1.21. The summed E-state index contributed by atoms with van der Waals surface area (Å²) in [6.45, 7) is 0.929. The molecule has 1 rings (SSSR count). The molecule has 0 heterocycles. The number of hydrogen-bond donors (Lipinski definition) is 2. The van der Waals surface area contributed by atoms with Crippen molar-refractivity contribution in [3.63, 3.8) is 0 Å². The maximum Gasteiger partial charge on any atom is 0.322 e. The van der Waals surface area contributed by atoms with Crippen molar-refractivity contribution in [1.29, 1.82) is 0 Å². The molecule has 0 bridgehead atoms. The van der Waals surface area contributed by atoms with E-state index >= 15 is 0 Å². The summed E-state index contributed by atoms with van der Waals surface area (Å²) >= 11 is 0. The number of rotatable bonds is 5. The van der Waals surface area contributed by atoms with Crippen molar-refractivity contribution in [3.05, 3.63) is 33.4 Å². The molecule has 102 valence electrons. The first-order valence-electron chi connectivity index (χ1n) is 5.19. The second-order valence-corrected chi connectivity index (χ2v) is 3.66. The Kier molecular flexibility index (Phi) is 4.41. The summed E-state index contributed by atoms with van der Waals surface area (Å²) in [4.78, 5) is 32.2. The van der Waals surface area contributed by atoms with Crippen LogP contribution < -0.4 is 10.1 Å². The number of nitrogens with one attached hydrogen (secondary N) is 1. The molecule has 0 spiro atoms. The van der Waals surface area contributed by atoms with Crippen LogP contribution in [-0.4, -0.2) is 35.6 Å². The highest BCUT2D eigenvalue weighted by atomic mass is 16.6. The molecule has 0 aliphatic heterocycles. The van der Waals surface area contributed by atoms with E-state index < -0.39 is 23.3 Å². The Morgan fingerprint density at radius 3 is 2.58 bits per heavy atom. The molecule has 2 N–H and O–H groups in total. The van der Waals surface area contributed by atoms with E-state index in [2.05, 4.69) is 5.32 Å². The summed E-state index contributed by atoms with van der Waals surface area (Å²) in [5, 5.41) is 21.4. The number of ether oxygens (including phenoxy) is 1. The van der Waals surface area contributed by atoms with E-state index in [1.807, 2.05) is 0 Å². The van der Waals surface area contributed by atoms with Crippen LogP contribution in [0, 0.1) is 17.0 Å². The minimum Gasteiger partial charge on any atom is -0.496 e. The second-order valence-electron chi connectivity index (χ2n) is 3.66. The third-order valence-electron chi connectivity index (χ3n) is 2.41. The lowest BCUT2D eigenvalue weighted by Crippen LogP contribution is -2.29. The van der Waals surface area contributed by atoms with Gasteiger partial charge in [-0.15, -0.1) is 0 Å². The van der Waals surface area contributed by atoms with Crippen molar-refractivity contribution >= 4 is 17.6 Å². The van der Waals surface area contributed by atoms with Crippen molar-refractivity contribution in [1.82, 2.24) is 5.32 Å². The number of benzene rings is 1. The number of carboxylic acids is 1. The molecule has 0 radical (unpaired) electrons. The summed E-state index contributed by atoms with van der Waals surface area (Å²) in [5.41, 5.74) is -0.00231. The largest absolute Gasteiger partial charge is 0.496 e. The molecule has 19 heavy (non-hydrogen) atoms. The van der Waals surface area contributed by atoms with Crippen molar-refractivity contribution < 1.29 is 24.4 Å². The predicted octanol–water partition coefficient (Wildman–Crippen LogP) is 0.726. The van der Waals surface area contributed by atoms with E-state index in [0.717, 1.165) is 6.07 Å². The Labute approximate surface area is 108 Å². The summed E-state index contributed by atoms with van der Waals surface area (Å²) in [6, 6.07) is 2.40. The van der Waals surface area contributed by atoms with Gasteiger partial charge in [-0.05, 0) is 13.0 Å². The fraction of sp³-hybridized carbons (Fsp3) is 0.273. The number of nitro benzene ring substituents is 1.